The zero-order valence-electron chi connectivity index (χ0n) is 9.53. The number of hydrogen-bond donors (Lipinski definition) is 2. The molecule has 0 spiro atoms. The molecule has 0 aromatic heterocycles. The first-order valence-corrected chi connectivity index (χ1v) is 5.99. The number of benzene rings is 1. The molecule has 1 aliphatic rings. The molecular formula is C12H16ClN3O. The lowest BCUT2D eigenvalue weighted by atomic mass is 10.1. The molecule has 1 unspecified atom stereocenters. The number of carbonyl (C=O) groups is 1. The Hall–Kier alpha value is -1.26. The van der Waals surface area contributed by atoms with E-state index in [4.69, 9.17) is 23.1 Å². The Morgan fingerprint density at radius 2 is 2.29 bits per heavy atom. The zero-order chi connectivity index (χ0) is 12.4. The summed E-state index contributed by atoms with van der Waals surface area (Å²) in [6, 6.07) is 5.45. The van der Waals surface area contributed by atoms with Crippen LogP contribution in [0.4, 0.5) is 5.69 Å². The summed E-state index contributed by atoms with van der Waals surface area (Å²) in [7, 11) is 0. The normalized spacial score (nSPS) is 20.6. The van der Waals surface area contributed by atoms with Crippen LogP contribution in [0, 0.1) is 5.92 Å². The number of nitrogens with two attached hydrogens (primary N) is 2. The smallest absolute Gasteiger partial charge is 0.221 e. The molecule has 1 amide bonds. The number of nitrogens with zero attached hydrogens (tertiary/aromatic N) is 1. The van der Waals surface area contributed by atoms with Gasteiger partial charge in [0.2, 0.25) is 5.91 Å². The highest BCUT2D eigenvalue weighted by molar-refractivity contribution is 6.31. The van der Waals surface area contributed by atoms with Gasteiger partial charge >= 0.3 is 0 Å². The monoisotopic (exact) mass is 253 g/mol. The molecule has 0 bridgehead atoms. The van der Waals surface area contributed by atoms with Gasteiger partial charge in [-0.15, -0.1) is 0 Å². The van der Waals surface area contributed by atoms with Crippen molar-refractivity contribution < 1.29 is 4.79 Å². The van der Waals surface area contributed by atoms with Crippen molar-refractivity contribution in [2.45, 2.75) is 13.0 Å². The maximum atomic E-state index is 11.1. The molecule has 1 aromatic rings. The third-order valence-corrected chi connectivity index (χ3v) is 3.51. The van der Waals surface area contributed by atoms with E-state index in [1.54, 1.807) is 12.1 Å². The summed E-state index contributed by atoms with van der Waals surface area (Å²) in [4.78, 5) is 13.2. The van der Waals surface area contributed by atoms with Crippen LogP contribution in [0.1, 0.15) is 12.0 Å². The lowest BCUT2D eigenvalue weighted by Gasteiger charge is -2.16. The number of amides is 1. The molecule has 1 atom stereocenters. The van der Waals surface area contributed by atoms with E-state index in [2.05, 4.69) is 4.90 Å². The van der Waals surface area contributed by atoms with Crippen molar-refractivity contribution in [3.63, 3.8) is 0 Å². The van der Waals surface area contributed by atoms with E-state index >= 15 is 0 Å². The van der Waals surface area contributed by atoms with Crippen molar-refractivity contribution in [2.75, 3.05) is 18.8 Å². The highest BCUT2D eigenvalue weighted by atomic mass is 35.5. The van der Waals surface area contributed by atoms with E-state index in [1.807, 2.05) is 6.07 Å². The highest BCUT2D eigenvalue weighted by Gasteiger charge is 2.26. The van der Waals surface area contributed by atoms with Gasteiger partial charge in [-0.3, -0.25) is 9.69 Å². The van der Waals surface area contributed by atoms with Crippen LogP contribution in [0.2, 0.25) is 5.02 Å². The second kappa shape index (κ2) is 4.94. The molecule has 1 fully saturated rings. The van der Waals surface area contributed by atoms with Crippen LogP contribution in [0.5, 0.6) is 0 Å². The van der Waals surface area contributed by atoms with Gasteiger partial charge in [0.25, 0.3) is 0 Å². The van der Waals surface area contributed by atoms with Crippen LogP contribution >= 0.6 is 11.6 Å². The van der Waals surface area contributed by atoms with Gasteiger partial charge in [0, 0.05) is 23.8 Å². The lowest BCUT2D eigenvalue weighted by Crippen LogP contribution is -2.27. The fraction of sp³-hybridized carbons (Fsp3) is 0.417. The Bertz CT molecular complexity index is 436. The topological polar surface area (TPSA) is 72.4 Å². The predicted octanol–water partition coefficient (Wildman–Crippen LogP) is 1.23. The summed E-state index contributed by atoms with van der Waals surface area (Å²) in [6.45, 7) is 2.30. The fourth-order valence-corrected chi connectivity index (χ4v) is 2.34. The molecule has 0 aliphatic carbocycles. The van der Waals surface area contributed by atoms with E-state index in [-0.39, 0.29) is 11.8 Å². The molecule has 5 heteroatoms. The van der Waals surface area contributed by atoms with Crippen LogP contribution in [-0.4, -0.2) is 23.9 Å². The van der Waals surface area contributed by atoms with Crippen LogP contribution < -0.4 is 11.5 Å². The zero-order valence-corrected chi connectivity index (χ0v) is 10.3. The SMILES string of the molecule is NC(=O)C1CCN(Cc2cc(N)ccc2Cl)C1. The molecule has 1 heterocycles. The number of halogens is 1. The second-order valence-electron chi connectivity index (χ2n) is 4.47. The van der Waals surface area contributed by atoms with Gasteiger partial charge in [0.1, 0.15) is 0 Å². The van der Waals surface area contributed by atoms with Crippen molar-refractivity contribution >= 4 is 23.2 Å². The number of hydrogen-bond acceptors (Lipinski definition) is 3. The summed E-state index contributed by atoms with van der Waals surface area (Å²) in [5.41, 5.74) is 12.7. The summed E-state index contributed by atoms with van der Waals surface area (Å²) in [5, 5.41) is 0.710. The van der Waals surface area contributed by atoms with Crippen molar-refractivity contribution in [3.05, 3.63) is 28.8 Å². The molecule has 17 heavy (non-hydrogen) atoms. The molecule has 1 aromatic carbocycles. The van der Waals surface area contributed by atoms with E-state index in [9.17, 15) is 4.79 Å². The molecule has 2 rings (SSSR count). The molecule has 0 radical (unpaired) electrons. The Kier molecular flexibility index (Phi) is 3.54. The van der Waals surface area contributed by atoms with Crippen molar-refractivity contribution in [1.29, 1.82) is 0 Å². The number of anilines is 1. The van der Waals surface area contributed by atoms with Gasteiger partial charge in [0.05, 0.1) is 5.92 Å². The minimum absolute atomic E-state index is 0.0326. The number of rotatable bonds is 3. The average Bonchev–Trinajstić information content (AvgIpc) is 2.72. The van der Waals surface area contributed by atoms with Crippen molar-refractivity contribution in [3.8, 4) is 0 Å². The Morgan fingerprint density at radius 1 is 1.53 bits per heavy atom. The van der Waals surface area contributed by atoms with Gasteiger partial charge in [-0.1, -0.05) is 11.6 Å². The molecule has 1 aliphatic heterocycles. The van der Waals surface area contributed by atoms with Crippen LogP contribution in [0.3, 0.4) is 0 Å². The van der Waals surface area contributed by atoms with Crippen LogP contribution in [-0.2, 0) is 11.3 Å². The summed E-state index contributed by atoms with van der Waals surface area (Å²) < 4.78 is 0. The maximum absolute atomic E-state index is 11.1. The van der Waals surface area contributed by atoms with E-state index in [0.717, 1.165) is 18.5 Å². The molecular weight excluding hydrogens is 238 g/mol. The maximum Gasteiger partial charge on any atom is 0.221 e. The lowest BCUT2D eigenvalue weighted by molar-refractivity contribution is -0.121. The third-order valence-electron chi connectivity index (χ3n) is 3.14. The molecule has 0 saturated carbocycles. The first-order valence-electron chi connectivity index (χ1n) is 5.62. The summed E-state index contributed by atoms with van der Waals surface area (Å²) in [6.07, 6.45) is 0.829. The van der Waals surface area contributed by atoms with E-state index in [0.29, 0.717) is 23.8 Å². The summed E-state index contributed by atoms with van der Waals surface area (Å²) in [5.74, 6) is -0.249. The van der Waals surface area contributed by atoms with Gasteiger partial charge in [0.15, 0.2) is 0 Å². The average molecular weight is 254 g/mol. The van der Waals surface area contributed by atoms with Crippen LogP contribution in [0.25, 0.3) is 0 Å². The predicted molar refractivity (Wildman–Crippen MR) is 68.4 cm³/mol. The molecule has 4 nitrogen and oxygen atoms in total. The quantitative estimate of drug-likeness (QED) is 0.796. The van der Waals surface area contributed by atoms with Gasteiger partial charge in [-0.2, -0.15) is 0 Å². The summed E-state index contributed by atoms with van der Waals surface area (Å²) >= 11 is 6.10. The number of likely N-dealkylation sites (tertiary alicyclic amines) is 1. The highest BCUT2D eigenvalue weighted by Crippen LogP contribution is 2.24. The molecule has 92 valence electrons. The Labute approximate surface area is 106 Å². The first-order chi connectivity index (χ1) is 8.06. The standard InChI is InChI=1S/C12H16ClN3O/c13-11-2-1-10(14)5-9(11)7-16-4-3-8(6-16)12(15)17/h1-2,5,8H,3-4,6-7,14H2,(H2,15,17). The minimum Gasteiger partial charge on any atom is -0.399 e. The van der Waals surface area contributed by atoms with Crippen molar-refractivity contribution in [2.24, 2.45) is 11.7 Å². The third kappa shape index (κ3) is 2.90. The second-order valence-corrected chi connectivity index (χ2v) is 4.88. The van der Waals surface area contributed by atoms with Gasteiger partial charge in [-0.25, -0.2) is 0 Å². The number of carbonyl (C=O) groups excluding carboxylic acids is 1. The number of primary amides is 1. The van der Waals surface area contributed by atoms with Gasteiger partial charge in [-0.05, 0) is 36.7 Å². The Morgan fingerprint density at radius 3 is 2.94 bits per heavy atom. The number of nitrogen functional groups attached to an aromatic ring is 1. The first kappa shape index (κ1) is 12.2. The van der Waals surface area contributed by atoms with Crippen LogP contribution in [0.15, 0.2) is 18.2 Å². The van der Waals surface area contributed by atoms with E-state index < -0.39 is 0 Å². The van der Waals surface area contributed by atoms with E-state index in [1.165, 1.54) is 0 Å². The minimum atomic E-state index is -0.217. The molecule has 4 N–H and O–H groups in total. The Balaban J connectivity index is 2.02. The van der Waals surface area contributed by atoms with Gasteiger partial charge < -0.3 is 11.5 Å². The largest absolute Gasteiger partial charge is 0.399 e. The van der Waals surface area contributed by atoms with Crippen molar-refractivity contribution in [1.82, 2.24) is 4.90 Å². The fourth-order valence-electron chi connectivity index (χ4n) is 2.17. The molecule has 1 saturated heterocycles.